The molecule has 2 rings (SSSR count). The number of thiophene rings is 1. The fraction of sp³-hybridized carbons (Fsp3) is 0.250. The highest BCUT2D eigenvalue weighted by molar-refractivity contribution is 9.11. The van der Waals surface area contributed by atoms with Crippen LogP contribution in [0, 0.1) is 11.6 Å². The second-order valence-electron chi connectivity index (χ2n) is 4.95. The van der Waals surface area contributed by atoms with E-state index in [0.717, 1.165) is 20.8 Å². The summed E-state index contributed by atoms with van der Waals surface area (Å²) in [6.07, 6.45) is 0.192. The molecule has 1 amide bonds. The minimum atomic E-state index is -0.870. The van der Waals surface area contributed by atoms with Crippen molar-refractivity contribution < 1.29 is 18.4 Å². The van der Waals surface area contributed by atoms with Crippen LogP contribution in [0.3, 0.4) is 0 Å². The first-order chi connectivity index (χ1) is 10.9. The van der Waals surface area contributed by atoms with Crippen LogP contribution >= 0.6 is 27.3 Å². The quantitative estimate of drug-likeness (QED) is 0.717. The summed E-state index contributed by atoms with van der Waals surface area (Å²) in [6.45, 7) is 1.38. The van der Waals surface area contributed by atoms with Crippen LogP contribution in [0.5, 0.6) is 0 Å². The molecule has 0 radical (unpaired) electrons. The largest absolute Gasteiger partial charge is 0.349 e. The Kier molecular flexibility index (Phi) is 6.01. The minimum Gasteiger partial charge on any atom is -0.349 e. The SMILES string of the molecule is CC(=O)NC(CCC(=O)c1c(F)cccc1F)c1ccc(Br)s1. The zero-order chi connectivity index (χ0) is 17.0. The molecule has 0 saturated heterocycles. The molecular formula is C16H14BrF2NO2S. The van der Waals surface area contributed by atoms with Crippen LogP contribution in [0.1, 0.15) is 41.0 Å². The number of hydrogen-bond acceptors (Lipinski definition) is 3. The standard InChI is InChI=1S/C16H14BrF2NO2S/c1-9(21)20-12(14-7-8-15(17)23-14)5-6-13(22)16-10(18)3-2-4-11(16)19/h2-4,7-8,12H,5-6H2,1H3,(H,20,21). The highest BCUT2D eigenvalue weighted by atomic mass is 79.9. The molecule has 1 aromatic carbocycles. The van der Waals surface area contributed by atoms with Crippen molar-refractivity contribution in [3.63, 3.8) is 0 Å². The van der Waals surface area contributed by atoms with Gasteiger partial charge in [-0.2, -0.15) is 0 Å². The zero-order valence-electron chi connectivity index (χ0n) is 12.2. The summed E-state index contributed by atoms with van der Waals surface area (Å²) in [5.74, 6) is -2.59. The number of carbonyl (C=O) groups excluding carboxylic acids is 2. The molecule has 7 heteroatoms. The maximum atomic E-state index is 13.6. The predicted octanol–water partition coefficient (Wildman–Crippen LogP) is 4.63. The highest BCUT2D eigenvalue weighted by Crippen LogP contribution is 2.30. The summed E-state index contributed by atoms with van der Waals surface area (Å²) in [5.41, 5.74) is -0.526. The van der Waals surface area contributed by atoms with E-state index in [9.17, 15) is 18.4 Å². The Labute approximate surface area is 144 Å². The first-order valence-corrected chi connectivity index (χ1v) is 8.49. The average Bonchev–Trinajstić information content (AvgIpc) is 2.89. The Hall–Kier alpha value is -1.60. The Morgan fingerprint density at radius 1 is 1.22 bits per heavy atom. The molecule has 0 bridgehead atoms. The monoisotopic (exact) mass is 401 g/mol. The van der Waals surface area contributed by atoms with Gasteiger partial charge in [0.05, 0.1) is 15.4 Å². The fourth-order valence-corrected chi connectivity index (χ4v) is 3.72. The number of carbonyl (C=O) groups is 2. The molecule has 122 valence electrons. The van der Waals surface area contributed by atoms with E-state index < -0.39 is 23.0 Å². The van der Waals surface area contributed by atoms with Gasteiger partial charge < -0.3 is 5.32 Å². The molecule has 23 heavy (non-hydrogen) atoms. The van der Waals surface area contributed by atoms with Gasteiger partial charge >= 0.3 is 0 Å². The Bertz CT molecular complexity index is 712. The van der Waals surface area contributed by atoms with Gasteiger partial charge in [-0.1, -0.05) is 6.07 Å². The van der Waals surface area contributed by atoms with Crippen LogP contribution in [0.4, 0.5) is 8.78 Å². The van der Waals surface area contributed by atoms with Crippen LogP contribution < -0.4 is 5.32 Å². The number of rotatable bonds is 6. The Morgan fingerprint density at radius 2 is 1.87 bits per heavy atom. The van der Waals surface area contributed by atoms with Crippen LogP contribution in [-0.2, 0) is 4.79 Å². The first kappa shape index (κ1) is 17.7. The van der Waals surface area contributed by atoms with E-state index in [1.807, 2.05) is 12.1 Å². The summed E-state index contributed by atoms with van der Waals surface area (Å²) < 4.78 is 28.2. The molecule has 0 aliphatic carbocycles. The molecule has 2 aromatic rings. The van der Waals surface area contributed by atoms with Gasteiger partial charge in [0.1, 0.15) is 11.6 Å². The van der Waals surface area contributed by atoms with Gasteiger partial charge in [0.25, 0.3) is 0 Å². The van der Waals surface area contributed by atoms with E-state index in [1.165, 1.54) is 24.3 Å². The lowest BCUT2D eigenvalue weighted by Gasteiger charge is -2.16. The number of amides is 1. The Morgan fingerprint density at radius 3 is 2.39 bits per heavy atom. The van der Waals surface area contributed by atoms with E-state index in [0.29, 0.717) is 0 Å². The van der Waals surface area contributed by atoms with E-state index in [2.05, 4.69) is 21.2 Å². The molecule has 0 aliphatic rings. The summed E-state index contributed by atoms with van der Waals surface area (Å²) in [7, 11) is 0. The average molecular weight is 402 g/mol. The van der Waals surface area contributed by atoms with Crippen LogP contribution in [0.2, 0.25) is 0 Å². The molecule has 3 nitrogen and oxygen atoms in total. The summed E-state index contributed by atoms with van der Waals surface area (Å²) in [5, 5.41) is 2.76. The molecule has 1 N–H and O–H groups in total. The predicted molar refractivity (Wildman–Crippen MR) is 88.5 cm³/mol. The first-order valence-electron chi connectivity index (χ1n) is 6.88. The van der Waals surface area contributed by atoms with Gasteiger partial charge in [0, 0.05) is 18.2 Å². The lowest BCUT2D eigenvalue weighted by atomic mass is 10.0. The van der Waals surface area contributed by atoms with Gasteiger partial charge in [-0.05, 0) is 46.6 Å². The topological polar surface area (TPSA) is 46.2 Å². The molecule has 1 heterocycles. The van der Waals surface area contributed by atoms with Crippen LogP contribution in [0.15, 0.2) is 34.1 Å². The minimum absolute atomic E-state index is 0.0711. The summed E-state index contributed by atoms with van der Waals surface area (Å²) in [4.78, 5) is 24.3. The molecule has 0 fully saturated rings. The molecule has 1 unspecified atom stereocenters. The highest BCUT2D eigenvalue weighted by Gasteiger charge is 2.21. The van der Waals surface area contributed by atoms with Crippen molar-refractivity contribution in [2.24, 2.45) is 0 Å². The molecule has 0 spiro atoms. The molecule has 1 atom stereocenters. The summed E-state index contributed by atoms with van der Waals surface area (Å²) in [6, 6.07) is 6.62. The smallest absolute Gasteiger partial charge is 0.217 e. The normalized spacial score (nSPS) is 12.0. The molecular weight excluding hydrogens is 388 g/mol. The number of ketones is 1. The van der Waals surface area contributed by atoms with E-state index >= 15 is 0 Å². The van der Waals surface area contributed by atoms with Crippen LogP contribution in [0.25, 0.3) is 0 Å². The van der Waals surface area contributed by atoms with Crippen molar-refractivity contribution in [3.8, 4) is 0 Å². The zero-order valence-corrected chi connectivity index (χ0v) is 14.6. The number of hydrogen-bond donors (Lipinski definition) is 1. The number of Topliss-reactive ketones (excluding diaryl/α,β-unsaturated/α-hetero) is 1. The van der Waals surface area contributed by atoms with Gasteiger partial charge in [-0.15, -0.1) is 11.3 Å². The van der Waals surface area contributed by atoms with Crippen molar-refractivity contribution in [2.75, 3.05) is 0 Å². The van der Waals surface area contributed by atoms with Gasteiger partial charge in [0.2, 0.25) is 5.91 Å². The number of nitrogens with one attached hydrogen (secondary N) is 1. The third-order valence-electron chi connectivity index (χ3n) is 3.22. The Balaban J connectivity index is 2.12. The van der Waals surface area contributed by atoms with Crippen molar-refractivity contribution in [1.29, 1.82) is 0 Å². The summed E-state index contributed by atoms with van der Waals surface area (Å²) >= 11 is 4.78. The lowest BCUT2D eigenvalue weighted by Crippen LogP contribution is -2.26. The maximum Gasteiger partial charge on any atom is 0.217 e. The van der Waals surface area contributed by atoms with Gasteiger partial charge in [-0.3, -0.25) is 9.59 Å². The van der Waals surface area contributed by atoms with Gasteiger partial charge in [-0.25, -0.2) is 8.78 Å². The second-order valence-corrected chi connectivity index (χ2v) is 7.45. The third kappa shape index (κ3) is 4.68. The maximum absolute atomic E-state index is 13.6. The van der Waals surface area contributed by atoms with E-state index in [1.54, 1.807) is 0 Å². The van der Waals surface area contributed by atoms with Crippen molar-refractivity contribution in [2.45, 2.75) is 25.8 Å². The van der Waals surface area contributed by atoms with Crippen molar-refractivity contribution >= 4 is 39.0 Å². The van der Waals surface area contributed by atoms with E-state index in [-0.39, 0.29) is 24.8 Å². The van der Waals surface area contributed by atoms with Gasteiger partial charge in [0.15, 0.2) is 5.78 Å². The second kappa shape index (κ2) is 7.79. The molecule has 0 aliphatic heterocycles. The van der Waals surface area contributed by atoms with Crippen molar-refractivity contribution in [1.82, 2.24) is 5.32 Å². The van der Waals surface area contributed by atoms with E-state index in [4.69, 9.17) is 0 Å². The fourth-order valence-electron chi connectivity index (χ4n) is 2.21. The lowest BCUT2D eigenvalue weighted by molar-refractivity contribution is -0.119. The van der Waals surface area contributed by atoms with Crippen molar-refractivity contribution in [3.05, 3.63) is 56.2 Å². The van der Waals surface area contributed by atoms with Crippen LogP contribution in [-0.4, -0.2) is 11.7 Å². The number of benzene rings is 1. The third-order valence-corrected chi connectivity index (χ3v) is 4.95. The molecule has 0 saturated carbocycles. The number of halogens is 3. The molecule has 1 aromatic heterocycles.